The first kappa shape index (κ1) is 8.31. The fourth-order valence-corrected chi connectivity index (χ4v) is 1.83. The van der Waals surface area contributed by atoms with Crippen molar-refractivity contribution in [3.63, 3.8) is 0 Å². The maximum absolute atomic E-state index is 10.6. The van der Waals surface area contributed by atoms with Gasteiger partial charge in [0.05, 0.1) is 6.26 Å². The summed E-state index contributed by atoms with van der Waals surface area (Å²) in [6, 6.07) is 0. The van der Waals surface area contributed by atoms with E-state index in [-0.39, 0.29) is 5.41 Å². The number of rotatable bonds is 1. The quantitative estimate of drug-likeness (QED) is 0.497. The van der Waals surface area contributed by atoms with E-state index in [1.807, 2.05) is 0 Å². The lowest BCUT2D eigenvalue weighted by Gasteiger charge is -2.17. The standard InChI is InChI=1S/C6H14OS/c1-6(2,3)5-8(4)7/h5H2,1-4H3. The van der Waals surface area contributed by atoms with Crippen molar-refractivity contribution in [3.8, 4) is 0 Å². The summed E-state index contributed by atoms with van der Waals surface area (Å²) in [6.45, 7) is 6.28. The summed E-state index contributed by atoms with van der Waals surface area (Å²) in [5.74, 6) is 0.799. The molecule has 0 spiro atoms. The van der Waals surface area contributed by atoms with Gasteiger partial charge in [0, 0.05) is 5.41 Å². The number of hydrogen-bond acceptors (Lipinski definition) is 1. The van der Waals surface area contributed by atoms with E-state index in [1.165, 1.54) is 0 Å². The van der Waals surface area contributed by atoms with Crippen molar-refractivity contribution in [1.29, 1.82) is 0 Å². The van der Waals surface area contributed by atoms with Gasteiger partial charge >= 0.3 is 0 Å². The van der Waals surface area contributed by atoms with Crippen LogP contribution >= 0.6 is 0 Å². The van der Waals surface area contributed by atoms with E-state index >= 15 is 0 Å². The van der Waals surface area contributed by atoms with Gasteiger partial charge in [0.2, 0.25) is 0 Å². The molecule has 0 aliphatic carbocycles. The zero-order chi connectivity index (χ0) is 6.78. The molecule has 0 aromatic heterocycles. The Balaban J connectivity index is 3.39. The summed E-state index contributed by atoms with van der Waals surface area (Å²) < 4.78 is 10.6. The Kier molecular flexibility index (Phi) is 2.84. The first-order valence-corrected chi connectivity index (χ1v) is 4.44. The highest BCUT2D eigenvalue weighted by atomic mass is 32.2. The smallest absolute Gasteiger partial charge is 0.110 e. The Morgan fingerprint density at radius 1 is 1.38 bits per heavy atom. The second kappa shape index (κ2) is 2.74. The lowest BCUT2D eigenvalue weighted by Crippen LogP contribution is -2.19. The van der Waals surface area contributed by atoms with Gasteiger partial charge in [0.1, 0.15) is 5.75 Å². The van der Waals surface area contributed by atoms with Gasteiger partial charge in [0.25, 0.3) is 0 Å². The average molecular weight is 134 g/mol. The van der Waals surface area contributed by atoms with Gasteiger partial charge in [-0.25, -0.2) is 0 Å². The van der Waals surface area contributed by atoms with Crippen molar-refractivity contribution in [2.24, 2.45) is 5.41 Å². The van der Waals surface area contributed by atoms with Crippen molar-refractivity contribution >= 4 is 11.2 Å². The molecule has 0 aromatic carbocycles. The van der Waals surface area contributed by atoms with E-state index < -0.39 is 11.2 Å². The third kappa shape index (κ3) is 6.31. The molecule has 0 rings (SSSR count). The van der Waals surface area contributed by atoms with E-state index in [0.717, 1.165) is 5.75 Å². The molecule has 1 atom stereocenters. The zero-order valence-electron chi connectivity index (χ0n) is 6.02. The Bertz CT molecular complexity index is 63.4. The molecule has 50 valence electrons. The van der Waals surface area contributed by atoms with Crippen LogP contribution in [0, 0.1) is 5.41 Å². The van der Waals surface area contributed by atoms with Gasteiger partial charge in [-0.15, -0.1) is 0 Å². The molecule has 0 bridgehead atoms. The molecule has 0 saturated heterocycles. The molecule has 8 heavy (non-hydrogen) atoms. The summed E-state index contributed by atoms with van der Waals surface area (Å²) in [4.78, 5) is 0. The average Bonchev–Trinajstić information content (AvgIpc) is 1.21. The second-order valence-electron chi connectivity index (χ2n) is 3.28. The molecule has 0 radical (unpaired) electrons. The van der Waals surface area contributed by atoms with Crippen LogP contribution in [0.5, 0.6) is 0 Å². The van der Waals surface area contributed by atoms with Gasteiger partial charge in [-0.3, -0.25) is 0 Å². The molecular formula is C6H14OS. The predicted octanol–water partition coefficient (Wildman–Crippen LogP) is 1.41. The van der Waals surface area contributed by atoms with E-state index in [1.54, 1.807) is 6.26 Å². The van der Waals surface area contributed by atoms with Gasteiger partial charge < -0.3 is 4.55 Å². The molecule has 0 heterocycles. The molecule has 0 aliphatic heterocycles. The fraction of sp³-hybridized carbons (Fsp3) is 1.00. The Labute approximate surface area is 54.7 Å². The molecule has 0 aromatic rings. The van der Waals surface area contributed by atoms with Crippen LogP contribution in [0.4, 0.5) is 0 Å². The SMILES string of the molecule is C[S+]([O-])CC(C)(C)C. The van der Waals surface area contributed by atoms with Gasteiger partial charge in [0.15, 0.2) is 0 Å². The van der Waals surface area contributed by atoms with Crippen LogP contribution in [0.25, 0.3) is 0 Å². The summed E-state index contributed by atoms with van der Waals surface area (Å²) in [5, 5.41) is 0. The van der Waals surface area contributed by atoms with E-state index in [2.05, 4.69) is 20.8 Å². The van der Waals surface area contributed by atoms with Crippen LogP contribution in [-0.2, 0) is 11.2 Å². The third-order valence-corrected chi connectivity index (χ3v) is 1.91. The lowest BCUT2D eigenvalue weighted by molar-refractivity contribution is 0.463. The molecule has 2 heteroatoms. The van der Waals surface area contributed by atoms with Gasteiger partial charge in [-0.05, 0) is 0 Å². The minimum atomic E-state index is -0.635. The minimum absolute atomic E-state index is 0.222. The summed E-state index contributed by atoms with van der Waals surface area (Å²) in [6.07, 6.45) is 1.74. The summed E-state index contributed by atoms with van der Waals surface area (Å²) >= 11 is -0.635. The Morgan fingerprint density at radius 2 is 1.75 bits per heavy atom. The number of hydrogen-bond donors (Lipinski definition) is 0. The third-order valence-electron chi connectivity index (χ3n) is 0.636. The van der Waals surface area contributed by atoms with Crippen LogP contribution in [0.1, 0.15) is 20.8 Å². The van der Waals surface area contributed by atoms with E-state index in [4.69, 9.17) is 0 Å². The maximum Gasteiger partial charge on any atom is 0.110 e. The van der Waals surface area contributed by atoms with Crippen molar-refractivity contribution in [2.75, 3.05) is 12.0 Å². The molecule has 0 fully saturated rings. The van der Waals surface area contributed by atoms with Gasteiger partial charge in [-0.2, -0.15) is 0 Å². The van der Waals surface area contributed by atoms with Crippen LogP contribution in [0.2, 0.25) is 0 Å². The van der Waals surface area contributed by atoms with Crippen LogP contribution in [0.3, 0.4) is 0 Å². The normalized spacial score (nSPS) is 16.1. The van der Waals surface area contributed by atoms with Crippen molar-refractivity contribution < 1.29 is 4.55 Å². The molecule has 1 unspecified atom stereocenters. The lowest BCUT2D eigenvalue weighted by atomic mass is 10.0. The molecular weight excluding hydrogens is 120 g/mol. The van der Waals surface area contributed by atoms with Gasteiger partial charge in [-0.1, -0.05) is 31.9 Å². The zero-order valence-corrected chi connectivity index (χ0v) is 6.84. The maximum atomic E-state index is 10.6. The first-order chi connectivity index (χ1) is 3.42. The Hall–Kier alpha value is 0.310. The van der Waals surface area contributed by atoms with Crippen LogP contribution in [-0.4, -0.2) is 16.6 Å². The topological polar surface area (TPSA) is 23.1 Å². The summed E-state index contributed by atoms with van der Waals surface area (Å²) in [5.41, 5.74) is 0.222. The van der Waals surface area contributed by atoms with Crippen molar-refractivity contribution in [3.05, 3.63) is 0 Å². The van der Waals surface area contributed by atoms with Crippen LogP contribution in [0.15, 0.2) is 0 Å². The van der Waals surface area contributed by atoms with E-state index in [9.17, 15) is 4.55 Å². The highest BCUT2D eigenvalue weighted by molar-refractivity contribution is 7.90. The van der Waals surface area contributed by atoms with Crippen molar-refractivity contribution in [2.45, 2.75) is 20.8 Å². The summed E-state index contributed by atoms with van der Waals surface area (Å²) in [7, 11) is 0. The predicted molar refractivity (Wildman–Crippen MR) is 38.4 cm³/mol. The molecule has 0 aliphatic rings. The second-order valence-corrected chi connectivity index (χ2v) is 4.71. The molecule has 0 amide bonds. The first-order valence-electron chi connectivity index (χ1n) is 2.72. The minimum Gasteiger partial charge on any atom is -0.617 e. The fourth-order valence-electron chi connectivity index (χ4n) is 0.610. The molecule has 0 saturated carbocycles. The largest absolute Gasteiger partial charge is 0.617 e. The highest BCUT2D eigenvalue weighted by Crippen LogP contribution is 2.14. The molecule has 1 nitrogen and oxygen atoms in total. The van der Waals surface area contributed by atoms with Crippen LogP contribution < -0.4 is 0 Å². The monoisotopic (exact) mass is 134 g/mol. The van der Waals surface area contributed by atoms with Crippen molar-refractivity contribution in [1.82, 2.24) is 0 Å². The Morgan fingerprint density at radius 3 is 1.75 bits per heavy atom. The molecule has 0 N–H and O–H groups in total. The van der Waals surface area contributed by atoms with E-state index in [0.29, 0.717) is 0 Å². The highest BCUT2D eigenvalue weighted by Gasteiger charge is 2.15.